The molecule has 2 aromatic carbocycles. The number of rotatable bonds is 5. The highest BCUT2D eigenvalue weighted by molar-refractivity contribution is 7.99. The summed E-state index contributed by atoms with van der Waals surface area (Å²) >= 11 is 12.1. The van der Waals surface area contributed by atoms with E-state index in [1.165, 1.54) is 42.1 Å². The summed E-state index contributed by atoms with van der Waals surface area (Å²) in [7, 11) is 0. The highest BCUT2D eigenvalue weighted by Gasteiger charge is 2.30. The zero-order valence-electron chi connectivity index (χ0n) is 14.1. The van der Waals surface area contributed by atoms with Gasteiger partial charge in [-0.25, -0.2) is 4.39 Å². The number of benzene rings is 2. The van der Waals surface area contributed by atoms with Crippen molar-refractivity contribution in [2.24, 2.45) is 0 Å². The predicted molar refractivity (Wildman–Crippen MR) is 107 cm³/mol. The van der Waals surface area contributed by atoms with E-state index in [9.17, 15) is 22.4 Å². The lowest BCUT2D eigenvalue weighted by molar-refractivity contribution is -0.137. The van der Waals surface area contributed by atoms with Gasteiger partial charge in [0.25, 0.3) is 0 Å². The molecule has 0 aromatic heterocycles. The Labute approximate surface area is 173 Å². The zero-order chi connectivity index (χ0) is 20.7. The highest BCUT2D eigenvalue weighted by atomic mass is 35.5. The molecule has 0 radical (unpaired) electrons. The third-order valence-electron chi connectivity index (χ3n) is 3.27. The minimum absolute atomic E-state index is 0.0624. The molecule has 0 aliphatic rings. The van der Waals surface area contributed by atoms with Gasteiger partial charge in [-0.15, -0.1) is 11.8 Å². The molecular weight excluding hydrogens is 438 g/mol. The smallest absolute Gasteiger partial charge is 0.331 e. The Balaban J connectivity index is 1.74. The standard InChI is InChI=1S/C17H14ClF4N3OS2/c18-14-7-12(19)5-4-10(14)8-28-9-15(26)24-25-16(27)23-13-3-1-2-11(6-13)17(20,21)22/h1-7H,8-9H2,(H,24,26)(H2,23,25,27). The monoisotopic (exact) mass is 451 g/mol. The Bertz CT molecular complexity index is 865. The number of thiocarbonyl (C=S) groups is 1. The molecule has 3 N–H and O–H groups in total. The first-order valence-corrected chi connectivity index (χ1v) is 9.64. The summed E-state index contributed by atoms with van der Waals surface area (Å²) in [5, 5.41) is 2.76. The lowest BCUT2D eigenvalue weighted by Gasteiger charge is -2.13. The molecule has 11 heteroatoms. The van der Waals surface area contributed by atoms with Crippen LogP contribution in [0.3, 0.4) is 0 Å². The lowest BCUT2D eigenvalue weighted by atomic mass is 10.2. The Morgan fingerprint density at radius 3 is 2.57 bits per heavy atom. The van der Waals surface area contributed by atoms with Gasteiger partial charge in [-0.1, -0.05) is 23.7 Å². The molecule has 0 saturated heterocycles. The fourth-order valence-electron chi connectivity index (χ4n) is 1.99. The third kappa shape index (κ3) is 7.17. The van der Waals surface area contributed by atoms with Crippen LogP contribution in [-0.4, -0.2) is 16.8 Å². The van der Waals surface area contributed by atoms with Crippen molar-refractivity contribution in [3.05, 3.63) is 64.4 Å². The number of amides is 1. The molecule has 1 amide bonds. The second kappa shape index (κ2) is 9.94. The molecule has 28 heavy (non-hydrogen) atoms. The molecule has 0 spiro atoms. The Morgan fingerprint density at radius 2 is 1.89 bits per heavy atom. The van der Waals surface area contributed by atoms with Gasteiger partial charge in [0.15, 0.2) is 5.11 Å². The van der Waals surface area contributed by atoms with Gasteiger partial charge in [-0.3, -0.25) is 15.6 Å². The number of hydrogen-bond donors (Lipinski definition) is 3. The number of halogens is 5. The minimum Gasteiger partial charge on any atom is -0.331 e. The summed E-state index contributed by atoms with van der Waals surface area (Å²) in [6.07, 6.45) is -4.47. The second-order valence-corrected chi connectivity index (χ2v) is 7.24. The fraction of sp³-hybridized carbons (Fsp3) is 0.176. The molecule has 2 rings (SSSR count). The number of anilines is 1. The summed E-state index contributed by atoms with van der Waals surface area (Å²) in [5.74, 6) is -0.384. The molecule has 2 aromatic rings. The average molecular weight is 452 g/mol. The van der Waals surface area contributed by atoms with Crippen molar-refractivity contribution in [2.75, 3.05) is 11.1 Å². The molecule has 0 aliphatic heterocycles. The Kier molecular flexibility index (Phi) is 7.90. The maximum absolute atomic E-state index is 13.0. The number of thioether (sulfide) groups is 1. The number of hydrazine groups is 1. The van der Waals surface area contributed by atoms with E-state index < -0.39 is 23.5 Å². The molecule has 0 saturated carbocycles. The largest absolute Gasteiger partial charge is 0.416 e. The van der Waals surface area contributed by atoms with Crippen LogP contribution < -0.4 is 16.2 Å². The number of hydrogen-bond acceptors (Lipinski definition) is 3. The van der Waals surface area contributed by atoms with E-state index in [2.05, 4.69) is 16.2 Å². The topological polar surface area (TPSA) is 53.2 Å². The third-order valence-corrected chi connectivity index (χ3v) is 4.81. The first-order valence-electron chi connectivity index (χ1n) is 7.70. The molecule has 4 nitrogen and oxygen atoms in total. The van der Waals surface area contributed by atoms with Gasteiger partial charge in [0, 0.05) is 16.5 Å². The number of carbonyl (C=O) groups excluding carboxylic acids is 1. The molecule has 0 atom stereocenters. The summed E-state index contributed by atoms with van der Waals surface area (Å²) in [4.78, 5) is 11.8. The Hall–Kier alpha value is -2.04. The van der Waals surface area contributed by atoms with Crippen molar-refractivity contribution in [3.8, 4) is 0 Å². The van der Waals surface area contributed by atoms with E-state index in [0.717, 1.165) is 12.1 Å². The van der Waals surface area contributed by atoms with E-state index in [1.54, 1.807) is 0 Å². The van der Waals surface area contributed by atoms with Crippen LogP contribution in [0.25, 0.3) is 0 Å². The summed E-state index contributed by atoms with van der Waals surface area (Å²) in [6, 6.07) is 8.50. The van der Waals surface area contributed by atoms with Crippen molar-refractivity contribution >= 4 is 52.3 Å². The van der Waals surface area contributed by atoms with E-state index >= 15 is 0 Å². The van der Waals surface area contributed by atoms with Crippen LogP contribution in [0.4, 0.5) is 23.2 Å². The van der Waals surface area contributed by atoms with Gasteiger partial charge >= 0.3 is 6.18 Å². The molecular formula is C17H14ClF4N3OS2. The van der Waals surface area contributed by atoms with Gasteiger partial charge in [0.1, 0.15) is 5.82 Å². The maximum Gasteiger partial charge on any atom is 0.416 e. The van der Waals surface area contributed by atoms with Crippen LogP contribution >= 0.6 is 35.6 Å². The average Bonchev–Trinajstić information content (AvgIpc) is 2.61. The van der Waals surface area contributed by atoms with Gasteiger partial charge in [0.05, 0.1) is 11.3 Å². The van der Waals surface area contributed by atoms with Crippen molar-refractivity contribution in [3.63, 3.8) is 0 Å². The summed E-state index contributed by atoms with van der Waals surface area (Å²) < 4.78 is 51.0. The summed E-state index contributed by atoms with van der Waals surface area (Å²) in [5.41, 5.74) is 4.73. The van der Waals surface area contributed by atoms with Crippen LogP contribution in [0.2, 0.25) is 5.02 Å². The second-order valence-electron chi connectivity index (χ2n) is 5.43. The van der Waals surface area contributed by atoms with Crippen molar-refractivity contribution < 1.29 is 22.4 Å². The Morgan fingerprint density at radius 1 is 1.14 bits per heavy atom. The normalized spacial score (nSPS) is 11.0. The number of alkyl halides is 3. The van der Waals surface area contributed by atoms with E-state index in [-0.39, 0.29) is 21.6 Å². The molecule has 150 valence electrons. The number of carbonyl (C=O) groups is 1. The van der Waals surface area contributed by atoms with Crippen LogP contribution in [0.5, 0.6) is 0 Å². The maximum atomic E-state index is 13.0. The predicted octanol–water partition coefficient (Wildman–Crippen LogP) is 4.75. The molecule has 0 heterocycles. The molecule has 0 unspecified atom stereocenters. The lowest BCUT2D eigenvalue weighted by Crippen LogP contribution is -2.44. The van der Waals surface area contributed by atoms with Crippen LogP contribution in [-0.2, 0) is 16.7 Å². The van der Waals surface area contributed by atoms with Crippen molar-refractivity contribution in [1.29, 1.82) is 0 Å². The van der Waals surface area contributed by atoms with Gasteiger partial charge < -0.3 is 5.32 Å². The minimum atomic E-state index is -4.47. The highest BCUT2D eigenvalue weighted by Crippen LogP contribution is 2.30. The fourth-order valence-corrected chi connectivity index (χ4v) is 3.30. The van der Waals surface area contributed by atoms with Crippen LogP contribution in [0.1, 0.15) is 11.1 Å². The van der Waals surface area contributed by atoms with Crippen molar-refractivity contribution in [1.82, 2.24) is 10.9 Å². The first kappa shape index (κ1) is 22.3. The van der Waals surface area contributed by atoms with E-state index in [1.807, 2.05) is 0 Å². The van der Waals surface area contributed by atoms with Gasteiger partial charge in [0.2, 0.25) is 5.91 Å². The first-order chi connectivity index (χ1) is 13.1. The van der Waals surface area contributed by atoms with Crippen molar-refractivity contribution in [2.45, 2.75) is 11.9 Å². The van der Waals surface area contributed by atoms with Gasteiger partial charge in [-0.05, 0) is 48.1 Å². The van der Waals surface area contributed by atoms with Gasteiger partial charge in [-0.2, -0.15) is 13.2 Å². The zero-order valence-corrected chi connectivity index (χ0v) is 16.5. The van der Waals surface area contributed by atoms with Crippen LogP contribution in [0, 0.1) is 5.82 Å². The quantitative estimate of drug-likeness (QED) is 0.348. The van der Waals surface area contributed by atoms with Crippen LogP contribution in [0.15, 0.2) is 42.5 Å². The molecule has 0 bridgehead atoms. The molecule has 0 aliphatic carbocycles. The molecule has 0 fully saturated rings. The summed E-state index contributed by atoms with van der Waals surface area (Å²) in [6.45, 7) is 0. The SMILES string of the molecule is O=C(CSCc1ccc(F)cc1Cl)NNC(=S)Nc1cccc(C(F)(F)F)c1. The van der Waals surface area contributed by atoms with E-state index in [0.29, 0.717) is 11.3 Å². The number of nitrogens with one attached hydrogen (secondary N) is 3. The van der Waals surface area contributed by atoms with E-state index in [4.69, 9.17) is 23.8 Å².